The highest BCUT2D eigenvalue weighted by molar-refractivity contribution is 5.76. The first-order chi connectivity index (χ1) is 12.6. The summed E-state index contributed by atoms with van der Waals surface area (Å²) in [5.74, 6) is 0.676. The Labute approximate surface area is 149 Å². The lowest BCUT2D eigenvalue weighted by atomic mass is 10.1. The van der Waals surface area contributed by atoms with Crippen LogP contribution in [0.3, 0.4) is 0 Å². The van der Waals surface area contributed by atoms with E-state index in [2.05, 4.69) is 22.1 Å². The lowest BCUT2D eigenvalue weighted by Gasteiger charge is -2.09. The molecule has 2 heterocycles. The van der Waals surface area contributed by atoms with Crippen LogP contribution >= 0.6 is 0 Å². The Morgan fingerprint density at radius 1 is 0.962 bits per heavy atom. The van der Waals surface area contributed by atoms with Crippen molar-refractivity contribution in [3.05, 3.63) is 87.1 Å². The number of rotatable bonds is 4. The van der Waals surface area contributed by atoms with Crippen LogP contribution in [0.4, 0.5) is 0 Å². The van der Waals surface area contributed by atoms with E-state index >= 15 is 0 Å². The summed E-state index contributed by atoms with van der Waals surface area (Å²) in [7, 11) is 1.45. The van der Waals surface area contributed by atoms with Crippen LogP contribution in [0.25, 0.3) is 22.6 Å². The quantitative estimate of drug-likeness (QED) is 0.616. The summed E-state index contributed by atoms with van der Waals surface area (Å²) in [5, 5.41) is 0. The van der Waals surface area contributed by atoms with Crippen molar-refractivity contribution in [3.8, 4) is 11.4 Å². The lowest BCUT2D eigenvalue weighted by molar-refractivity contribution is 0.709. The number of hydrogen-bond donors (Lipinski definition) is 1. The number of aryl methyl sites for hydroxylation is 2. The summed E-state index contributed by atoms with van der Waals surface area (Å²) in [6, 6.07) is 19.8. The van der Waals surface area contributed by atoms with Crippen LogP contribution in [0.1, 0.15) is 5.56 Å². The van der Waals surface area contributed by atoms with Crippen molar-refractivity contribution in [2.45, 2.75) is 13.0 Å². The van der Waals surface area contributed by atoms with Crippen molar-refractivity contribution in [1.29, 1.82) is 0 Å². The highest BCUT2D eigenvalue weighted by atomic mass is 16.2. The van der Waals surface area contributed by atoms with Gasteiger partial charge in [-0.2, -0.15) is 0 Å². The number of nitrogens with zero attached hydrogens (tertiary/aromatic N) is 3. The number of aromatic amines is 1. The minimum Gasteiger partial charge on any atom is -0.310 e. The van der Waals surface area contributed by atoms with Crippen molar-refractivity contribution in [2.24, 2.45) is 7.05 Å². The zero-order valence-electron chi connectivity index (χ0n) is 14.3. The molecule has 4 rings (SSSR count). The second-order valence-corrected chi connectivity index (χ2v) is 6.18. The molecule has 0 aliphatic carbocycles. The van der Waals surface area contributed by atoms with Gasteiger partial charge in [-0.25, -0.2) is 9.78 Å². The molecule has 0 aliphatic heterocycles. The van der Waals surface area contributed by atoms with E-state index in [-0.39, 0.29) is 11.1 Å². The molecule has 4 aromatic rings. The molecule has 0 radical (unpaired) electrons. The summed E-state index contributed by atoms with van der Waals surface area (Å²) in [4.78, 5) is 31.9. The van der Waals surface area contributed by atoms with Crippen LogP contribution in [0.5, 0.6) is 0 Å². The number of hydrogen-bond acceptors (Lipinski definition) is 3. The maximum atomic E-state index is 12.5. The van der Waals surface area contributed by atoms with E-state index in [0.717, 1.165) is 16.6 Å². The second kappa shape index (κ2) is 6.48. The molecule has 130 valence electrons. The molecule has 0 amide bonds. The number of H-pyrrole nitrogens is 1. The predicted molar refractivity (Wildman–Crippen MR) is 101 cm³/mol. The molecule has 6 nitrogen and oxygen atoms in total. The van der Waals surface area contributed by atoms with Gasteiger partial charge in [-0.05, 0) is 12.0 Å². The molecule has 0 saturated carbocycles. The largest absolute Gasteiger partial charge is 0.329 e. The van der Waals surface area contributed by atoms with E-state index in [9.17, 15) is 9.59 Å². The fourth-order valence-electron chi connectivity index (χ4n) is 3.08. The molecule has 1 N–H and O–H groups in total. The number of aromatic nitrogens is 4. The average Bonchev–Trinajstić information content (AvgIpc) is 3.04. The summed E-state index contributed by atoms with van der Waals surface area (Å²) in [5.41, 5.74) is 1.99. The van der Waals surface area contributed by atoms with Gasteiger partial charge in [0.25, 0.3) is 5.56 Å². The van der Waals surface area contributed by atoms with Gasteiger partial charge in [0.05, 0.1) is 0 Å². The maximum Gasteiger partial charge on any atom is 0.329 e. The van der Waals surface area contributed by atoms with Crippen LogP contribution in [0.15, 0.2) is 70.3 Å². The molecule has 0 fully saturated rings. The summed E-state index contributed by atoms with van der Waals surface area (Å²) in [6.45, 7) is 0.605. The Balaban J connectivity index is 1.90. The van der Waals surface area contributed by atoms with Crippen molar-refractivity contribution in [1.82, 2.24) is 19.1 Å². The first-order valence-corrected chi connectivity index (χ1v) is 8.44. The first kappa shape index (κ1) is 16.1. The molecule has 26 heavy (non-hydrogen) atoms. The summed E-state index contributed by atoms with van der Waals surface area (Å²) < 4.78 is 2.96. The Bertz CT molecular complexity index is 1170. The van der Waals surface area contributed by atoms with Crippen LogP contribution in [0.2, 0.25) is 0 Å². The van der Waals surface area contributed by atoms with E-state index in [1.54, 1.807) is 0 Å². The maximum absolute atomic E-state index is 12.5. The van der Waals surface area contributed by atoms with E-state index in [1.165, 1.54) is 12.6 Å². The Hall–Kier alpha value is -3.41. The zero-order valence-corrected chi connectivity index (χ0v) is 14.3. The minimum absolute atomic E-state index is 0.277. The summed E-state index contributed by atoms with van der Waals surface area (Å²) in [6.07, 6.45) is 0.767. The van der Waals surface area contributed by atoms with Gasteiger partial charge in [0.15, 0.2) is 5.52 Å². The van der Waals surface area contributed by atoms with E-state index in [4.69, 9.17) is 0 Å². The van der Waals surface area contributed by atoms with Gasteiger partial charge in [0, 0.05) is 19.2 Å². The van der Waals surface area contributed by atoms with Crippen LogP contribution < -0.4 is 11.2 Å². The molecule has 0 bridgehead atoms. The fraction of sp³-hybridized carbons (Fsp3) is 0.150. The third-order valence-electron chi connectivity index (χ3n) is 4.50. The van der Waals surface area contributed by atoms with Crippen molar-refractivity contribution >= 4 is 11.2 Å². The number of imidazole rings is 1. The van der Waals surface area contributed by atoms with Gasteiger partial charge < -0.3 is 4.57 Å². The van der Waals surface area contributed by atoms with E-state index < -0.39 is 5.69 Å². The normalized spacial score (nSPS) is 11.1. The summed E-state index contributed by atoms with van der Waals surface area (Å²) >= 11 is 0. The van der Waals surface area contributed by atoms with E-state index in [1.807, 2.05) is 53.1 Å². The Morgan fingerprint density at radius 3 is 2.31 bits per heavy atom. The minimum atomic E-state index is -0.442. The number of fused-ring (bicyclic) bond motifs is 1. The van der Waals surface area contributed by atoms with Crippen LogP contribution in [0, 0.1) is 0 Å². The molecule has 0 unspecified atom stereocenters. The molecule has 0 saturated heterocycles. The van der Waals surface area contributed by atoms with Gasteiger partial charge in [0.2, 0.25) is 0 Å². The molecule has 2 aromatic heterocycles. The van der Waals surface area contributed by atoms with Crippen molar-refractivity contribution in [3.63, 3.8) is 0 Å². The van der Waals surface area contributed by atoms with Crippen molar-refractivity contribution in [2.75, 3.05) is 0 Å². The van der Waals surface area contributed by atoms with Crippen molar-refractivity contribution < 1.29 is 0 Å². The third-order valence-corrected chi connectivity index (χ3v) is 4.50. The highest BCUT2D eigenvalue weighted by Gasteiger charge is 2.17. The molecule has 6 heteroatoms. The van der Waals surface area contributed by atoms with Gasteiger partial charge >= 0.3 is 5.69 Å². The molecule has 2 aromatic carbocycles. The standard InChI is InChI=1S/C20H18N4O2/c1-23-19(25)16-18(22-20(23)26)24(13-12-14-8-4-2-5-9-14)17(21-16)15-10-6-3-7-11-15/h2-11H,12-13H2,1H3,(H,22,26). The van der Waals surface area contributed by atoms with Crippen LogP contribution in [-0.2, 0) is 20.0 Å². The first-order valence-electron chi connectivity index (χ1n) is 8.44. The molecular formula is C20H18N4O2. The Kier molecular flexibility index (Phi) is 4.01. The second-order valence-electron chi connectivity index (χ2n) is 6.18. The monoisotopic (exact) mass is 346 g/mol. The van der Waals surface area contributed by atoms with Gasteiger partial charge in [-0.15, -0.1) is 0 Å². The van der Waals surface area contributed by atoms with E-state index in [0.29, 0.717) is 18.0 Å². The SMILES string of the molecule is Cn1c(=O)[nH]c2c(nc(-c3ccccc3)n2CCc2ccccc2)c1=O. The van der Waals surface area contributed by atoms with Gasteiger partial charge in [-0.3, -0.25) is 14.3 Å². The van der Waals surface area contributed by atoms with Crippen LogP contribution in [-0.4, -0.2) is 19.1 Å². The highest BCUT2D eigenvalue weighted by Crippen LogP contribution is 2.22. The predicted octanol–water partition coefficient (Wildman–Crippen LogP) is 2.33. The van der Waals surface area contributed by atoms with Gasteiger partial charge in [-0.1, -0.05) is 60.7 Å². The van der Waals surface area contributed by atoms with Gasteiger partial charge in [0.1, 0.15) is 11.5 Å². The molecule has 0 spiro atoms. The fourth-order valence-corrected chi connectivity index (χ4v) is 3.08. The molecular weight excluding hydrogens is 328 g/mol. The number of nitrogens with one attached hydrogen (secondary N) is 1. The molecule has 0 aliphatic rings. The lowest BCUT2D eigenvalue weighted by Crippen LogP contribution is -2.32. The molecule has 0 atom stereocenters. The smallest absolute Gasteiger partial charge is 0.310 e. The zero-order chi connectivity index (χ0) is 18.1. The number of benzene rings is 2. The topological polar surface area (TPSA) is 72.7 Å². The Morgan fingerprint density at radius 2 is 1.62 bits per heavy atom. The third kappa shape index (κ3) is 2.75. The average molecular weight is 346 g/mol.